The molecule has 0 saturated carbocycles. The van der Waals surface area contributed by atoms with Gasteiger partial charge in [-0.1, -0.05) is 20.8 Å². The van der Waals surface area contributed by atoms with Crippen LogP contribution in [0.4, 0.5) is 4.39 Å². The van der Waals surface area contributed by atoms with Crippen molar-refractivity contribution in [3.05, 3.63) is 29.5 Å². The molecule has 7 heteroatoms. The maximum Gasteiger partial charge on any atom is 0.342 e. The summed E-state index contributed by atoms with van der Waals surface area (Å²) in [5.74, 6) is -1.19. The fourth-order valence-electron chi connectivity index (χ4n) is 2.62. The summed E-state index contributed by atoms with van der Waals surface area (Å²) in [6.07, 6.45) is 2.54. The molecule has 26 heavy (non-hydrogen) atoms. The molecule has 2 heterocycles. The number of hydrogen-bond acceptors (Lipinski definition) is 5. The average molecular weight is 365 g/mol. The summed E-state index contributed by atoms with van der Waals surface area (Å²) in [4.78, 5) is 16.9. The first kappa shape index (κ1) is 20.3. The van der Waals surface area contributed by atoms with Crippen LogP contribution in [0, 0.1) is 11.4 Å². The first-order valence-corrected chi connectivity index (χ1v) is 8.74. The smallest absolute Gasteiger partial charge is 0.342 e. The summed E-state index contributed by atoms with van der Waals surface area (Å²) < 4.78 is 25.9. The average Bonchev–Trinajstić information content (AvgIpc) is 2.90. The largest absolute Gasteiger partial charge is 0.456 e. The van der Waals surface area contributed by atoms with Gasteiger partial charge in [0, 0.05) is 19.4 Å². The number of methoxy groups -OCH3 is 1. The molecule has 2 aromatic heterocycles. The van der Waals surface area contributed by atoms with Crippen molar-refractivity contribution >= 4 is 11.6 Å². The topological polar surface area (TPSA) is 65.7 Å². The van der Waals surface area contributed by atoms with Crippen LogP contribution in [0.2, 0.25) is 0 Å². The molecule has 0 aromatic carbocycles. The first-order valence-electron chi connectivity index (χ1n) is 8.74. The van der Waals surface area contributed by atoms with Gasteiger partial charge in [0.05, 0.1) is 11.8 Å². The lowest BCUT2D eigenvalue weighted by Gasteiger charge is -2.29. The molecule has 2 aromatic rings. The Kier molecular flexibility index (Phi) is 5.70. The van der Waals surface area contributed by atoms with Gasteiger partial charge in [-0.2, -0.15) is 4.39 Å². The zero-order chi connectivity index (χ0) is 19.7. The van der Waals surface area contributed by atoms with Crippen LogP contribution in [0.5, 0.6) is 0 Å². The van der Waals surface area contributed by atoms with Gasteiger partial charge in [0.25, 0.3) is 0 Å². The zero-order valence-corrected chi connectivity index (χ0v) is 16.6. The molecule has 1 atom stereocenters. The SMILES string of the molecule is CO[C@@H](C)c1c(C(=O)OC(C)(C)CCC(C)(C)C)cnc2cc(F)nn12. The summed E-state index contributed by atoms with van der Waals surface area (Å²) in [6.45, 7) is 12.0. The summed E-state index contributed by atoms with van der Waals surface area (Å²) in [7, 11) is 1.51. The van der Waals surface area contributed by atoms with E-state index in [1.807, 2.05) is 13.8 Å². The lowest BCUT2D eigenvalue weighted by atomic mass is 9.86. The molecule has 0 fully saturated rings. The van der Waals surface area contributed by atoms with Gasteiger partial charge in [-0.3, -0.25) is 0 Å². The Hall–Kier alpha value is -2.02. The third kappa shape index (κ3) is 4.78. The molecular formula is C19H28FN3O3. The number of nitrogens with zero attached hydrogens (tertiary/aromatic N) is 3. The number of carbonyl (C=O) groups is 1. The minimum absolute atomic E-state index is 0.145. The molecule has 0 saturated heterocycles. The highest BCUT2D eigenvalue weighted by Crippen LogP contribution is 2.29. The molecule has 0 aliphatic carbocycles. The molecule has 6 nitrogen and oxygen atoms in total. The van der Waals surface area contributed by atoms with Crippen molar-refractivity contribution < 1.29 is 18.7 Å². The predicted octanol–water partition coefficient (Wildman–Crippen LogP) is 4.34. The van der Waals surface area contributed by atoms with Crippen molar-refractivity contribution in [2.75, 3.05) is 7.11 Å². The lowest BCUT2D eigenvalue weighted by molar-refractivity contribution is -0.00953. The van der Waals surface area contributed by atoms with E-state index in [-0.39, 0.29) is 11.0 Å². The molecule has 0 unspecified atom stereocenters. The van der Waals surface area contributed by atoms with Crippen molar-refractivity contribution in [1.82, 2.24) is 14.6 Å². The number of ether oxygens (including phenoxy) is 2. The van der Waals surface area contributed by atoms with Crippen LogP contribution in [-0.2, 0) is 9.47 Å². The van der Waals surface area contributed by atoms with E-state index < -0.39 is 23.6 Å². The second-order valence-corrected chi connectivity index (χ2v) is 8.38. The summed E-state index contributed by atoms with van der Waals surface area (Å²) >= 11 is 0. The number of carbonyl (C=O) groups excluding carboxylic acids is 1. The van der Waals surface area contributed by atoms with Crippen LogP contribution in [0.15, 0.2) is 12.3 Å². The highest BCUT2D eigenvalue weighted by Gasteiger charge is 2.29. The Morgan fingerprint density at radius 3 is 2.50 bits per heavy atom. The van der Waals surface area contributed by atoms with Gasteiger partial charge in [0.1, 0.15) is 11.2 Å². The van der Waals surface area contributed by atoms with Crippen LogP contribution in [0.1, 0.15) is 76.5 Å². The molecule has 0 aliphatic rings. The number of fused-ring (bicyclic) bond motifs is 1. The molecule has 0 aliphatic heterocycles. The highest BCUT2D eigenvalue weighted by molar-refractivity contribution is 5.91. The quantitative estimate of drug-likeness (QED) is 0.713. The van der Waals surface area contributed by atoms with Gasteiger partial charge in [0.2, 0.25) is 5.95 Å². The minimum atomic E-state index is -0.668. The van der Waals surface area contributed by atoms with Crippen molar-refractivity contribution in [2.24, 2.45) is 5.41 Å². The van der Waals surface area contributed by atoms with E-state index in [1.165, 1.54) is 23.9 Å². The van der Waals surface area contributed by atoms with Crippen LogP contribution in [0.25, 0.3) is 5.65 Å². The fourth-order valence-corrected chi connectivity index (χ4v) is 2.62. The van der Waals surface area contributed by atoms with E-state index in [0.29, 0.717) is 11.3 Å². The molecule has 2 rings (SSSR count). The van der Waals surface area contributed by atoms with Gasteiger partial charge in [-0.25, -0.2) is 14.3 Å². The standard InChI is InChI=1S/C19H28FN3O3/c1-12(25-7)16-13(11-21-15-10-14(20)22-23(15)16)17(24)26-19(5,6)9-8-18(2,3)4/h10-12H,8-9H2,1-7H3/t12-/m0/s1. The van der Waals surface area contributed by atoms with Gasteiger partial charge in [0.15, 0.2) is 5.65 Å². The van der Waals surface area contributed by atoms with Crippen LogP contribution >= 0.6 is 0 Å². The Balaban J connectivity index is 2.34. The Morgan fingerprint density at radius 2 is 1.92 bits per heavy atom. The molecular weight excluding hydrogens is 337 g/mol. The van der Waals surface area contributed by atoms with Crippen molar-refractivity contribution in [1.29, 1.82) is 0 Å². The molecule has 0 spiro atoms. The van der Waals surface area contributed by atoms with E-state index in [9.17, 15) is 9.18 Å². The first-order chi connectivity index (χ1) is 11.9. The number of halogens is 1. The van der Waals surface area contributed by atoms with Crippen LogP contribution in [-0.4, -0.2) is 33.3 Å². The molecule has 0 bridgehead atoms. The highest BCUT2D eigenvalue weighted by atomic mass is 19.1. The number of esters is 1. The normalized spacial score (nSPS) is 13.8. The number of hydrogen-bond donors (Lipinski definition) is 0. The molecule has 144 valence electrons. The van der Waals surface area contributed by atoms with Gasteiger partial charge in [-0.15, -0.1) is 5.10 Å². The van der Waals surface area contributed by atoms with Gasteiger partial charge in [-0.05, 0) is 39.0 Å². The Labute approximate surface area is 153 Å². The summed E-state index contributed by atoms with van der Waals surface area (Å²) in [6, 6.07) is 1.20. The third-order valence-electron chi connectivity index (χ3n) is 4.30. The zero-order valence-electron chi connectivity index (χ0n) is 16.6. The van der Waals surface area contributed by atoms with Crippen molar-refractivity contribution in [3.8, 4) is 0 Å². The molecule has 0 N–H and O–H groups in total. The second kappa shape index (κ2) is 7.31. The minimum Gasteiger partial charge on any atom is -0.456 e. The maximum absolute atomic E-state index is 13.6. The van der Waals surface area contributed by atoms with E-state index in [4.69, 9.17) is 9.47 Å². The Morgan fingerprint density at radius 1 is 1.27 bits per heavy atom. The monoisotopic (exact) mass is 365 g/mol. The predicted molar refractivity (Wildman–Crippen MR) is 96.6 cm³/mol. The lowest BCUT2D eigenvalue weighted by Crippen LogP contribution is -2.30. The van der Waals surface area contributed by atoms with E-state index in [0.717, 1.165) is 12.8 Å². The van der Waals surface area contributed by atoms with Crippen LogP contribution in [0.3, 0.4) is 0 Å². The van der Waals surface area contributed by atoms with E-state index >= 15 is 0 Å². The molecule has 0 radical (unpaired) electrons. The van der Waals surface area contributed by atoms with E-state index in [1.54, 1.807) is 6.92 Å². The Bertz CT molecular complexity index is 793. The second-order valence-electron chi connectivity index (χ2n) is 8.38. The fraction of sp³-hybridized carbons (Fsp3) is 0.632. The summed E-state index contributed by atoms with van der Waals surface area (Å²) in [5.41, 5.74) is 0.455. The van der Waals surface area contributed by atoms with Crippen LogP contribution < -0.4 is 0 Å². The number of rotatable bonds is 6. The number of aromatic nitrogens is 3. The maximum atomic E-state index is 13.6. The third-order valence-corrected chi connectivity index (χ3v) is 4.30. The van der Waals surface area contributed by atoms with Gasteiger partial charge >= 0.3 is 5.97 Å². The van der Waals surface area contributed by atoms with Crippen molar-refractivity contribution in [3.63, 3.8) is 0 Å². The van der Waals surface area contributed by atoms with Gasteiger partial charge < -0.3 is 9.47 Å². The van der Waals surface area contributed by atoms with E-state index in [2.05, 4.69) is 30.9 Å². The van der Waals surface area contributed by atoms with Crippen molar-refractivity contribution in [2.45, 2.75) is 66.1 Å². The summed E-state index contributed by atoms with van der Waals surface area (Å²) in [5, 5.41) is 3.79. The molecule has 0 amide bonds.